The van der Waals surface area contributed by atoms with Crippen LogP contribution in [0.25, 0.3) is 0 Å². The Hall–Kier alpha value is -2.05. The van der Waals surface area contributed by atoms with E-state index in [1.165, 1.54) is 22.9 Å². The van der Waals surface area contributed by atoms with Crippen molar-refractivity contribution < 1.29 is 13.2 Å². The van der Waals surface area contributed by atoms with E-state index in [2.05, 4.69) is 5.32 Å². The van der Waals surface area contributed by atoms with Crippen molar-refractivity contribution in [2.75, 3.05) is 10.8 Å². The minimum absolute atomic E-state index is 0.119. The molecule has 1 N–H and O–H groups in total. The molecule has 0 aromatic heterocycles. The van der Waals surface area contributed by atoms with Crippen LogP contribution < -0.4 is 9.62 Å². The van der Waals surface area contributed by atoms with E-state index >= 15 is 0 Å². The van der Waals surface area contributed by atoms with Gasteiger partial charge >= 0.3 is 0 Å². The Bertz CT molecular complexity index is 926. The van der Waals surface area contributed by atoms with Crippen LogP contribution in [0.1, 0.15) is 37.7 Å². The van der Waals surface area contributed by atoms with Gasteiger partial charge in [-0.1, -0.05) is 49.1 Å². The molecule has 3 rings (SSSR count). The third kappa shape index (κ3) is 4.86. The van der Waals surface area contributed by atoms with Crippen molar-refractivity contribution in [2.24, 2.45) is 0 Å². The van der Waals surface area contributed by atoms with Crippen LogP contribution in [0.4, 0.5) is 5.69 Å². The molecule has 0 radical (unpaired) electrons. The second-order valence-corrected chi connectivity index (χ2v) is 9.46. The number of nitrogens with zero attached hydrogens (tertiary/aromatic N) is 1. The molecule has 0 bridgehead atoms. The number of hydrogen-bond donors (Lipinski definition) is 1. The second-order valence-electron chi connectivity index (χ2n) is 7.16. The molecule has 1 amide bonds. The molecule has 150 valence electrons. The number of hydrogen-bond acceptors (Lipinski definition) is 3. The molecule has 0 spiro atoms. The van der Waals surface area contributed by atoms with Crippen LogP contribution in [0.3, 0.4) is 0 Å². The number of sulfonamides is 1. The lowest BCUT2D eigenvalue weighted by Crippen LogP contribution is -2.45. The van der Waals surface area contributed by atoms with E-state index in [4.69, 9.17) is 11.6 Å². The molecule has 7 heteroatoms. The van der Waals surface area contributed by atoms with Gasteiger partial charge in [0.1, 0.15) is 6.54 Å². The van der Waals surface area contributed by atoms with Crippen LogP contribution in [0, 0.1) is 6.92 Å². The van der Waals surface area contributed by atoms with Gasteiger partial charge in [0.15, 0.2) is 0 Å². The summed E-state index contributed by atoms with van der Waals surface area (Å²) in [5.41, 5.74) is 1.14. The first-order valence-electron chi connectivity index (χ1n) is 9.51. The Morgan fingerprint density at radius 3 is 2.43 bits per heavy atom. The number of benzene rings is 2. The Kier molecular flexibility index (Phi) is 6.62. The molecule has 2 aromatic rings. The largest absolute Gasteiger partial charge is 0.352 e. The SMILES string of the molecule is Cc1cc(Cl)ccc1N(CC(=O)NC1CCCCC1)S(=O)(=O)c1ccccc1. The predicted molar refractivity (Wildman–Crippen MR) is 112 cm³/mol. The highest BCUT2D eigenvalue weighted by Gasteiger charge is 2.29. The third-order valence-corrected chi connectivity index (χ3v) is 7.03. The summed E-state index contributed by atoms with van der Waals surface area (Å²) in [4.78, 5) is 12.9. The van der Waals surface area contributed by atoms with Crippen LogP contribution in [-0.2, 0) is 14.8 Å². The van der Waals surface area contributed by atoms with Gasteiger partial charge in [-0.2, -0.15) is 0 Å². The van der Waals surface area contributed by atoms with Crippen LogP contribution in [0.2, 0.25) is 5.02 Å². The standard InChI is InChI=1S/C21H25ClN2O3S/c1-16-14-17(22)12-13-20(16)24(28(26,27)19-10-6-3-7-11-19)15-21(25)23-18-8-4-2-5-9-18/h3,6-7,10-14,18H,2,4-5,8-9,15H2,1H3,(H,23,25). The first-order chi connectivity index (χ1) is 13.4. The summed E-state index contributed by atoms with van der Waals surface area (Å²) in [6.45, 7) is 1.52. The maximum atomic E-state index is 13.3. The monoisotopic (exact) mass is 420 g/mol. The molecular weight excluding hydrogens is 396 g/mol. The minimum Gasteiger partial charge on any atom is -0.352 e. The zero-order valence-electron chi connectivity index (χ0n) is 15.9. The number of rotatable bonds is 6. The first-order valence-corrected chi connectivity index (χ1v) is 11.3. The molecule has 2 aromatic carbocycles. The molecule has 28 heavy (non-hydrogen) atoms. The summed E-state index contributed by atoms with van der Waals surface area (Å²) in [6, 6.07) is 13.3. The molecule has 0 heterocycles. The lowest BCUT2D eigenvalue weighted by molar-refractivity contribution is -0.120. The first kappa shape index (κ1) is 20.7. The summed E-state index contributed by atoms with van der Waals surface area (Å²) >= 11 is 6.04. The maximum Gasteiger partial charge on any atom is 0.264 e. The summed E-state index contributed by atoms with van der Waals surface area (Å²) in [6.07, 6.45) is 5.25. The summed E-state index contributed by atoms with van der Waals surface area (Å²) in [7, 11) is -3.90. The van der Waals surface area contributed by atoms with Gasteiger partial charge in [-0.15, -0.1) is 0 Å². The average molecular weight is 421 g/mol. The molecule has 1 aliphatic carbocycles. The van der Waals surface area contributed by atoms with Crippen LogP contribution in [0.5, 0.6) is 0 Å². The van der Waals surface area contributed by atoms with Gasteiger partial charge in [-0.25, -0.2) is 8.42 Å². The van der Waals surface area contributed by atoms with Crippen LogP contribution in [-0.4, -0.2) is 26.9 Å². The van der Waals surface area contributed by atoms with Gasteiger partial charge in [-0.3, -0.25) is 9.10 Å². The number of amides is 1. The normalized spacial score (nSPS) is 15.2. The third-order valence-electron chi connectivity index (χ3n) is 5.02. The number of halogens is 1. The molecule has 5 nitrogen and oxygen atoms in total. The number of carbonyl (C=O) groups excluding carboxylic acids is 1. The van der Waals surface area contributed by atoms with Crippen molar-refractivity contribution in [1.29, 1.82) is 0 Å². The quantitative estimate of drug-likeness (QED) is 0.757. The van der Waals surface area contributed by atoms with Gasteiger partial charge in [0.25, 0.3) is 10.0 Å². The highest BCUT2D eigenvalue weighted by Crippen LogP contribution is 2.29. The minimum atomic E-state index is -3.90. The van der Waals surface area contributed by atoms with Gasteiger partial charge in [0.05, 0.1) is 10.6 Å². The van der Waals surface area contributed by atoms with Crippen molar-refractivity contribution in [3.05, 3.63) is 59.1 Å². The van der Waals surface area contributed by atoms with Gasteiger partial charge < -0.3 is 5.32 Å². The average Bonchev–Trinajstić information content (AvgIpc) is 2.68. The van der Waals surface area contributed by atoms with Crippen molar-refractivity contribution in [3.8, 4) is 0 Å². The zero-order chi connectivity index (χ0) is 20.1. The van der Waals surface area contributed by atoms with Crippen molar-refractivity contribution in [2.45, 2.75) is 50.0 Å². The van der Waals surface area contributed by atoms with E-state index in [9.17, 15) is 13.2 Å². The smallest absolute Gasteiger partial charge is 0.264 e. The van der Waals surface area contributed by atoms with Gasteiger partial charge in [0, 0.05) is 11.1 Å². The summed E-state index contributed by atoms with van der Waals surface area (Å²) in [5, 5.41) is 3.52. The predicted octanol–water partition coefficient (Wildman–Crippen LogP) is 4.29. The zero-order valence-corrected chi connectivity index (χ0v) is 17.5. The molecule has 0 aliphatic heterocycles. The van der Waals surface area contributed by atoms with Crippen molar-refractivity contribution in [1.82, 2.24) is 5.32 Å². The fourth-order valence-electron chi connectivity index (χ4n) is 3.57. The van der Waals surface area contributed by atoms with E-state index in [0.717, 1.165) is 25.7 Å². The fraction of sp³-hybridized carbons (Fsp3) is 0.381. The van der Waals surface area contributed by atoms with E-state index in [1.54, 1.807) is 43.3 Å². The molecule has 0 saturated heterocycles. The Morgan fingerprint density at radius 1 is 1.11 bits per heavy atom. The molecule has 0 atom stereocenters. The van der Waals surface area contributed by atoms with E-state index in [-0.39, 0.29) is 23.4 Å². The van der Waals surface area contributed by atoms with Gasteiger partial charge in [0.2, 0.25) is 5.91 Å². The number of aryl methyl sites for hydroxylation is 1. The maximum absolute atomic E-state index is 13.3. The van der Waals surface area contributed by atoms with Crippen molar-refractivity contribution in [3.63, 3.8) is 0 Å². The second kappa shape index (κ2) is 8.97. The van der Waals surface area contributed by atoms with E-state index in [0.29, 0.717) is 16.3 Å². The van der Waals surface area contributed by atoms with E-state index < -0.39 is 10.0 Å². The Labute approximate surface area is 171 Å². The highest BCUT2D eigenvalue weighted by molar-refractivity contribution is 7.92. The molecule has 1 saturated carbocycles. The number of carbonyl (C=O) groups is 1. The Morgan fingerprint density at radius 2 is 1.79 bits per heavy atom. The lowest BCUT2D eigenvalue weighted by atomic mass is 9.95. The molecule has 0 unspecified atom stereocenters. The molecule has 1 aliphatic rings. The van der Waals surface area contributed by atoms with Crippen molar-refractivity contribution >= 4 is 33.2 Å². The lowest BCUT2D eigenvalue weighted by Gasteiger charge is -2.28. The van der Waals surface area contributed by atoms with Crippen LogP contribution >= 0.6 is 11.6 Å². The summed E-state index contributed by atoms with van der Waals surface area (Å²) in [5.74, 6) is -0.291. The number of nitrogens with one attached hydrogen (secondary N) is 1. The fourth-order valence-corrected chi connectivity index (χ4v) is 5.30. The molecular formula is C21H25ClN2O3S. The Balaban J connectivity index is 1.91. The van der Waals surface area contributed by atoms with Gasteiger partial charge in [-0.05, 0) is 55.7 Å². The van der Waals surface area contributed by atoms with E-state index in [1.807, 2.05) is 0 Å². The summed E-state index contributed by atoms with van der Waals surface area (Å²) < 4.78 is 27.8. The van der Waals surface area contributed by atoms with Crippen LogP contribution in [0.15, 0.2) is 53.4 Å². The topological polar surface area (TPSA) is 66.5 Å². The highest BCUT2D eigenvalue weighted by atomic mass is 35.5. The molecule has 1 fully saturated rings. The number of anilines is 1.